The smallest absolute Gasteiger partial charge is 0.269 e. The summed E-state index contributed by atoms with van der Waals surface area (Å²) >= 11 is 0. The molecule has 0 radical (unpaired) electrons. The van der Waals surface area contributed by atoms with Crippen molar-refractivity contribution in [3.05, 3.63) is 51.3 Å². The van der Waals surface area contributed by atoms with Crippen molar-refractivity contribution in [2.75, 3.05) is 5.32 Å². The summed E-state index contributed by atoms with van der Waals surface area (Å²) in [5, 5.41) is 18.0. The molecule has 2 aromatic rings. The fraction of sp³-hybridized carbons (Fsp3) is 0.444. The van der Waals surface area contributed by atoms with Crippen LogP contribution in [0.4, 0.5) is 11.4 Å². The summed E-state index contributed by atoms with van der Waals surface area (Å²) in [6.45, 7) is 9.16. The van der Waals surface area contributed by atoms with Gasteiger partial charge in [0.25, 0.3) is 5.69 Å². The van der Waals surface area contributed by atoms with Crippen molar-refractivity contribution in [2.45, 2.75) is 47.1 Å². The van der Waals surface area contributed by atoms with Crippen LogP contribution in [-0.2, 0) is 17.8 Å². The molecule has 0 atom stereocenters. The normalized spacial score (nSPS) is 10.9. The van der Waals surface area contributed by atoms with Crippen molar-refractivity contribution in [1.29, 1.82) is 0 Å². The second kappa shape index (κ2) is 7.92. The highest BCUT2D eigenvalue weighted by molar-refractivity contribution is 5.90. The molecule has 0 fully saturated rings. The summed E-state index contributed by atoms with van der Waals surface area (Å²) in [4.78, 5) is 22.3. The summed E-state index contributed by atoms with van der Waals surface area (Å²) in [5.74, 6) is 0.389. The van der Waals surface area contributed by atoms with Gasteiger partial charge in [-0.25, -0.2) is 0 Å². The standard InChI is InChI=1S/C18H24N4O3/c1-12(2)11-21-14(4)17(13(3)20-21)9-10-18(23)19-15-5-7-16(8-6-15)22(24)25/h5-8,12H,9-11H2,1-4H3,(H,19,23). The molecule has 25 heavy (non-hydrogen) atoms. The molecule has 1 aromatic carbocycles. The fourth-order valence-corrected chi connectivity index (χ4v) is 2.75. The zero-order valence-electron chi connectivity index (χ0n) is 15.1. The first-order valence-corrected chi connectivity index (χ1v) is 8.35. The lowest BCUT2D eigenvalue weighted by Crippen LogP contribution is -2.13. The third-order valence-electron chi connectivity index (χ3n) is 4.03. The number of aromatic nitrogens is 2. The lowest BCUT2D eigenvalue weighted by molar-refractivity contribution is -0.384. The molecule has 0 aliphatic rings. The summed E-state index contributed by atoms with van der Waals surface area (Å²) in [6, 6.07) is 5.82. The van der Waals surface area contributed by atoms with E-state index in [1.165, 1.54) is 24.3 Å². The Morgan fingerprint density at radius 2 is 1.92 bits per heavy atom. The van der Waals surface area contributed by atoms with Crippen molar-refractivity contribution in [2.24, 2.45) is 5.92 Å². The van der Waals surface area contributed by atoms with Crippen LogP contribution in [0.2, 0.25) is 0 Å². The van der Waals surface area contributed by atoms with E-state index in [-0.39, 0.29) is 11.6 Å². The lowest BCUT2D eigenvalue weighted by atomic mass is 10.1. The van der Waals surface area contributed by atoms with E-state index in [0.717, 1.165) is 23.5 Å². The molecule has 1 amide bonds. The number of amides is 1. The highest BCUT2D eigenvalue weighted by Crippen LogP contribution is 2.18. The van der Waals surface area contributed by atoms with E-state index in [1.54, 1.807) is 0 Å². The highest BCUT2D eigenvalue weighted by atomic mass is 16.6. The molecular weight excluding hydrogens is 320 g/mol. The SMILES string of the molecule is Cc1nn(CC(C)C)c(C)c1CCC(=O)Nc1ccc([N+](=O)[O-])cc1. The Morgan fingerprint density at radius 1 is 1.28 bits per heavy atom. The molecule has 0 saturated heterocycles. The molecule has 0 bridgehead atoms. The number of hydrogen-bond acceptors (Lipinski definition) is 4. The second-order valence-corrected chi connectivity index (χ2v) is 6.58. The van der Waals surface area contributed by atoms with E-state index < -0.39 is 4.92 Å². The van der Waals surface area contributed by atoms with Gasteiger partial charge in [0.15, 0.2) is 0 Å². The third kappa shape index (κ3) is 4.89. The number of aryl methyl sites for hydroxylation is 1. The number of nitrogens with zero attached hydrogens (tertiary/aromatic N) is 3. The van der Waals surface area contributed by atoms with Gasteiger partial charge in [-0.2, -0.15) is 5.10 Å². The number of nitro groups is 1. The molecule has 0 unspecified atom stereocenters. The maximum atomic E-state index is 12.1. The quantitative estimate of drug-likeness (QED) is 0.613. The first-order chi connectivity index (χ1) is 11.8. The van der Waals surface area contributed by atoms with Gasteiger partial charge in [0, 0.05) is 36.5 Å². The van der Waals surface area contributed by atoms with Crippen molar-refractivity contribution < 1.29 is 9.72 Å². The van der Waals surface area contributed by atoms with E-state index in [0.29, 0.717) is 24.4 Å². The number of rotatable bonds is 7. The highest BCUT2D eigenvalue weighted by Gasteiger charge is 2.14. The molecule has 0 aliphatic heterocycles. The van der Waals surface area contributed by atoms with Crippen LogP contribution in [-0.4, -0.2) is 20.6 Å². The van der Waals surface area contributed by atoms with Gasteiger partial charge in [-0.15, -0.1) is 0 Å². The predicted octanol–water partition coefficient (Wildman–Crippen LogP) is 3.64. The fourth-order valence-electron chi connectivity index (χ4n) is 2.75. The molecule has 1 aromatic heterocycles. The van der Waals surface area contributed by atoms with Gasteiger partial charge in [-0.3, -0.25) is 19.6 Å². The molecule has 0 saturated carbocycles. The number of benzene rings is 1. The number of nitro benzene ring substituents is 1. The zero-order valence-corrected chi connectivity index (χ0v) is 15.1. The molecule has 1 heterocycles. The monoisotopic (exact) mass is 344 g/mol. The van der Waals surface area contributed by atoms with Gasteiger partial charge in [-0.1, -0.05) is 13.8 Å². The van der Waals surface area contributed by atoms with Crippen LogP contribution in [0.3, 0.4) is 0 Å². The van der Waals surface area contributed by atoms with Crippen LogP contribution in [0.15, 0.2) is 24.3 Å². The number of hydrogen-bond donors (Lipinski definition) is 1. The van der Waals surface area contributed by atoms with Gasteiger partial charge in [0.05, 0.1) is 10.6 Å². The van der Waals surface area contributed by atoms with Crippen molar-refractivity contribution >= 4 is 17.3 Å². The van der Waals surface area contributed by atoms with Crippen LogP contribution in [0.1, 0.15) is 37.2 Å². The van der Waals surface area contributed by atoms with E-state index in [4.69, 9.17) is 0 Å². The lowest BCUT2D eigenvalue weighted by Gasteiger charge is -2.08. The number of anilines is 1. The summed E-state index contributed by atoms with van der Waals surface area (Å²) in [7, 11) is 0. The maximum Gasteiger partial charge on any atom is 0.269 e. The minimum absolute atomic E-state index is 0.00168. The Balaban J connectivity index is 1.96. The zero-order chi connectivity index (χ0) is 18.6. The molecule has 0 spiro atoms. The number of non-ortho nitro benzene ring substituents is 1. The molecule has 134 valence electrons. The van der Waals surface area contributed by atoms with E-state index in [9.17, 15) is 14.9 Å². The van der Waals surface area contributed by atoms with Crippen LogP contribution in [0.25, 0.3) is 0 Å². The van der Waals surface area contributed by atoms with Crippen molar-refractivity contribution in [1.82, 2.24) is 9.78 Å². The average Bonchev–Trinajstić information content (AvgIpc) is 2.79. The Bertz CT molecular complexity index is 763. The van der Waals surface area contributed by atoms with Gasteiger partial charge < -0.3 is 5.32 Å². The van der Waals surface area contributed by atoms with Gasteiger partial charge in [-0.05, 0) is 43.9 Å². The molecule has 2 rings (SSSR count). The summed E-state index contributed by atoms with van der Waals surface area (Å²) in [5.41, 5.74) is 3.73. The van der Waals surface area contributed by atoms with Crippen LogP contribution >= 0.6 is 0 Å². The van der Waals surface area contributed by atoms with E-state index >= 15 is 0 Å². The Morgan fingerprint density at radius 3 is 2.48 bits per heavy atom. The van der Waals surface area contributed by atoms with Crippen molar-refractivity contribution in [3.63, 3.8) is 0 Å². The van der Waals surface area contributed by atoms with Gasteiger partial charge >= 0.3 is 0 Å². The topological polar surface area (TPSA) is 90.1 Å². The number of nitrogens with one attached hydrogen (secondary N) is 1. The molecule has 7 nitrogen and oxygen atoms in total. The van der Waals surface area contributed by atoms with E-state index in [1.807, 2.05) is 18.5 Å². The first-order valence-electron chi connectivity index (χ1n) is 8.35. The largest absolute Gasteiger partial charge is 0.326 e. The maximum absolute atomic E-state index is 12.1. The Labute approximate surface area is 147 Å². The molecule has 1 N–H and O–H groups in total. The number of carbonyl (C=O) groups excluding carboxylic acids is 1. The Kier molecular flexibility index (Phi) is 5.90. The van der Waals surface area contributed by atoms with Gasteiger partial charge in [0.2, 0.25) is 5.91 Å². The minimum Gasteiger partial charge on any atom is -0.326 e. The third-order valence-corrected chi connectivity index (χ3v) is 4.03. The van der Waals surface area contributed by atoms with Gasteiger partial charge in [0.1, 0.15) is 0 Å². The van der Waals surface area contributed by atoms with Crippen LogP contribution in [0, 0.1) is 29.9 Å². The summed E-state index contributed by atoms with van der Waals surface area (Å²) in [6.07, 6.45) is 0.959. The minimum atomic E-state index is -0.466. The van der Waals surface area contributed by atoms with E-state index in [2.05, 4.69) is 24.3 Å². The molecule has 0 aliphatic carbocycles. The average molecular weight is 344 g/mol. The molecular formula is C18H24N4O3. The molecule has 7 heteroatoms. The predicted molar refractivity (Wildman–Crippen MR) is 96.6 cm³/mol. The summed E-state index contributed by atoms with van der Waals surface area (Å²) < 4.78 is 2.00. The van der Waals surface area contributed by atoms with Crippen LogP contribution in [0.5, 0.6) is 0 Å². The van der Waals surface area contributed by atoms with Crippen LogP contribution < -0.4 is 5.32 Å². The second-order valence-electron chi connectivity index (χ2n) is 6.58. The van der Waals surface area contributed by atoms with Crippen molar-refractivity contribution in [3.8, 4) is 0 Å². The number of carbonyl (C=O) groups is 1. The Hall–Kier alpha value is -2.70. The first kappa shape index (κ1) is 18.6.